The Morgan fingerprint density at radius 3 is 2.74 bits per heavy atom. The van der Waals surface area contributed by atoms with Crippen LogP contribution in [0.2, 0.25) is 0 Å². The number of fused-ring (bicyclic) bond motifs is 3. The number of benzene rings is 1. The van der Waals surface area contributed by atoms with E-state index >= 15 is 0 Å². The van der Waals surface area contributed by atoms with Crippen molar-refractivity contribution in [2.45, 2.75) is 46.6 Å². The van der Waals surface area contributed by atoms with E-state index in [1.807, 2.05) is 56.5 Å². The summed E-state index contributed by atoms with van der Waals surface area (Å²) in [5.41, 5.74) is 4.95. The zero-order chi connectivity index (χ0) is 16.6. The summed E-state index contributed by atoms with van der Waals surface area (Å²) in [6.07, 6.45) is 1.14. The Morgan fingerprint density at radius 1 is 1.26 bits per heavy atom. The molecule has 0 saturated carbocycles. The molecular weight excluding hydrogens is 288 g/mol. The number of hydrogen-bond acceptors (Lipinski definition) is 3. The molecule has 1 amide bonds. The van der Waals surface area contributed by atoms with Gasteiger partial charge in [-0.05, 0) is 51.8 Å². The summed E-state index contributed by atoms with van der Waals surface area (Å²) in [6.45, 7) is 7.99. The van der Waals surface area contributed by atoms with Crippen LogP contribution < -0.4 is 5.32 Å². The number of nitrogens with zero attached hydrogens (tertiary/aromatic N) is 3. The van der Waals surface area contributed by atoms with Crippen LogP contribution >= 0.6 is 0 Å². The van der Waals surface area contributed by atoms with Crippen molar-refractivity contribution in [2.24, 2.45) is 0 Å². The Balaban J connectivity index is 1.98. The number of hydrogen-bond donors (Lipinski definition) is 1. The predicted molar refractivity (Wildman–Crippen MR) is 91.6 cm³/mol. The number of aromatic nitrogens is 3. The lowest BCUT2D eigenvalue weighted by Gasteiger charge is -2.12. The van der Waals surface area contributed by atoms with Gasteiger partial charge in [-0.15, -0.1) is 0 Å². The van der Waals surface area contributed by atoms with Gasteiger partial charge in [-0.3, -0.25) is 4.79 Å². The molecule has 0 unspecified atom stereocenters. The van der Waals surface area contributed by atoms with Crippen LogP contribution in [0.25, 0.3) is 16.6 Å². The van der Waals surface area contributed by atoms with Crippen LogP contribution in [0.3, 0.4) is 0 Å². The van der Waals surface area contributed by atoms with Crippen molar-refractivity contribution in [3.63, 3.8) is 0 Å². The molecule has 5 heteroatoms. The van der Waals surface area contributed by atoms with E-state index in [0.29, 0.717) is 12.8 Å². The zero-order valence-electron chi connectivity index (χ0n) is 14.1. The van der Waals surface area contributed by atoms with Crippen molar-refractivity contribution in [2.75, 3.05) is 0 Å². The van der Waals surface area contributed by atoms with Gasteiger partial charge < -0.3 is 5.32 Å². The minimum Gasteiger partial charge on any atom is -0.354 e. The van der Waals surface area contributed by atoms with Crippen molar-refractivity contribution < 1.29 is 4.79 Å². The first-order valence-electron chi connectivity index (χ1n) is 8.00. The molecule has 1 N–H and O–H groups in total. The molecule has 0 aliphatic carbocycles. The second kappa shape index (κ2) is 5.99. The fourth-order valence-electron chi connectivity index (χ4n) is 2.97. The van der Waals surface area contributed by atoms with Gasteiger partial charge in [0, 0.05) is 29.2 Å². The van der Waals surface area contributed by atoms with E-state index in [4.69, 9.17) is 4.98 Å². The Bertz CT molecular complexity index is 879. The maximum absolute atomic E-state index is 11.9. The van der Waals surface area contributed by atoms with Crippen LogP contribution in [0, 0.1) is 13.8 Å². The molecule has 120 valence electrons. The third-order valence-electron chi connectivity index (χ3n) is 4.07. The van der Waals surface area contributed by atoms with Gasteiger partial charge in [0.25, 0.3) is 0 Å². The van der Waals surface area contributed by atoms with Gasteiger partial charge in [-0.2, -0.15) is 5.10 Å². The Kier molecular flexibility index (Phi) is 4.03. The Hall–Kier alpha value is -2.43. The molecule has 3 aromatic rings. The molecule has 0 aliphatic heterocycles. The molecule has 2 heterocycles. The highest BCUT2D eigenvalue weighted by molar-refractivity contribution is 5.92. The van der Waals surface area contributed by atoms with Crippen LogP contribution in [-0.4, -0.2) is 26.5 Å². The van der Waals surface area contributed by atoms with Gasteiger partial charge in [0.1, 0.15) is 0 Å². The lowest BCUT2D eigenvalue weighted by Crippen LogP contribution is -2.30. The largest absolute Gasteiger partial charge is 0.354 e. The fraction of sp³-hybridized carbons (Fsp3) is 0.389. The number of aryl methyl sites for hydroxylation is 2. The molecular formula is C18H22N4O. The Labute approximate surface area is 135 Å². The number of rotatable bonds is 4. The van der Waals surface area contributed by atoms with Crippen LogP contribution in [-0.2, 0) is 11.2 Å². The molecule has 0 aliphatic rings. The lowest BCUT2D eigenvalue weighted by molar-refractivity contribution is -0.121. The van der Waals surface area contributed by atoms with Gasteiger partial charge >= 0.3 is 0 Å². The monoisotopic (exact) mass is 310 g/mol. The van der Waals surface area contributed by atoms with Crippen LogP contribution in [0.15, 0.2) is 24.3 Å². The molecule has 0 spiro atoms. The highest BCUT2D eigenvalue weighted by atomic mass is 16.1. The molecule has 2 aromatic heterocycles. The first-order valence-corrected chi connectivity index (χ1v) is 8.00. The van der Waals surface area contributed by atoms with Crippen LogP contribution in [0.1, 0.15) is 37.2 Å². The number of carbonyl (C=O) groups is 1. The van der Waals surface area contributed by atoms with Gasteiger partial charge in [-0.25, -0.2) is 9.50 Å². The SMILES string of the molecule is Cc1nc2c3ccccc3nn2c(C)c1CCC(=O)NC(C)C. The number of nitrogens with one attached hydrogen (secondary N) is 1. The molecule has 0 atom stereocenters. The lowest BCUT2D eigenvalue weighted by atomic mass is 10.1. The molecule has 1 aromatic carbocycles. The van der Waals surface area contributed by atoms with E-state index in [-0.39, 0.29) is 11.9 Å². The normalized spacial score (nSPS) is 11.5. The molecule has 0 bridgehead atoms. The second-order valence-electron chi connectivity index (χ2n) is 6.24. The molecule has 0 fully saturated rings. The van der Waals surface area contributed by atoms with E-state index < -0.39 is 0 Å². The smallest absolute Gasteiger partial charge is 0.220 e. The highest BCUT2D eigenvalue weighted by Crippen LogP contribution is 2.22. The number of amides is 1. The summed E-state index contributed by atoms with van der Waals surface area (Å²) in [6, 6.07) is 8.18. The predicted octanol–water partition coefficient (Wildman–Crippen LogP) is 2.96. The van der Waals surface area contributed by atoms with Crippen molar-refractivity contribution >= 4 is 22.5 Å². The molecule has 0 saturated heterocycles. The van der Waals surface area contributed by atoms with Crippen LogP contribution in [0.5, 0.6) is 0 Å². The summed E-state index contributed by atoms with van der Waals surface area (Å²) in [5.74, 6) is 0.0736. The van der Waals surface area contributed by atoms with Crippen molar-refractivity contribution in [3.05, 3.63) is 41.2 Å². The quantitative estimate of drug-likeness (QED) is 0.806. The average molecular weight is 310 g/mol. The number of carbonyl (C=O) groups excluding carboxylic acids is 1. The standard InChI is InChI=1S/C18H22N4O/c1-11(2)19-17(23)10-9-14-12(3)20-18-15-7-5-6-8-16(15)21-22(18)13(14)4/h5-8,11H,9-10H2,1-4H3,(H,19,23). The van der Waals surface area contributed by atoms with E-state index in [1.165, 1.54) is 0 Å². The summed E-state index contributed by atoms with van der Waals surface area (Å²) in [7, 11) is 0. The van der Waals surface area contributed by atoms with E-state index in [9.17, 15) is 4.79 Å². The topological polar surface area (TPSA) is 59.3 Å². The molecule has 0 radical (unpaired) electrons. The van der Waals surface area contributed by atoms with E-state index in [0.717, 1.165) is 33.5 Å². The van der Waals surface area contributed by atoms with Crippen molar-refractivity contribution in [1.29, 1.82) is 0 Å². The third kappa shape index (κ3) is 2.91. The van der Waals surface area contributed by atoms with Crippen molar-refractivity contribution in [3.8, 4) is 0 Å². The van der Waals surface area contributed by atoms with Gasteiger partial charge in [0.2, 0.25) is 5.91 Å². The zero-order valence-corrected chi connectivity index (χ0v) is 14.1. The minimum atomic E-state index is 0.0736. The highest BCUT2D eigenvalue weighted by Gasteiger charge is 2.15. The average Bonchev–Trinajstić information content (AvgIpc) is 2.85. The molecule has 23 heavy (non-hydrogen) atoms. The first kappa shape index (κ1) is 15.5. The molecule has 5 nitrogen and oxygen atoms in total. The van der Waals surface area contributed by atoms with E-state index in [2.05, 4.69) is 10.4 Å². The summed E-state index contributed by atoms with van der Waals surface area (Å²) in [4.78, 5) is 16.6. The summed E-state index contributed by atoms with van der Waals surface area (Å²) >= 11 is 0. The third-order valence-corrected chi connectivity index (χ3v) is 4.07. The summed E-state index contributed by atoms with van der Waals surface area (Å²) < 4.78 is 1.90. The fourth-order valence-corrected chi connectivity index (χ4v) is 2.97. The maximum atomic E-state index is 11.9. The maximum Gasteiger partial charge on any atom is 0.220 e. The minimum absolute atomic E-state index is 0.0736. The first-order chi connectivity index (χ1) is 11.0. The molecule has 3 rings (SSSR count). The van der Waals surface area contributed by atoms with Gasteiger partial charge in [0.05, 0.1) is 5.52 Å². The van der Waals surface area contributed by atoms with Crippen LogP contribution in [0.4, 0.5) is 0 Å². The van der Waals surface area contributed by atoms with E-state index in [1.54, 1.807) is 0 Å². The van der Waals surface area contributed by atoms with Gasteiger partial charge in [0.15, 0.2) is 5.65 Å². The second-order valence-corrected chi connectivity index (χ2v) is 6.24. The summed E-state index contributed by atoms with van der Waals surface area (Å²) in [5, 5.41) is 8.63. The van der Waals surface area contributed by atoms with Crippen molar-refractivity contribution in [1.82, 2.24) is 19.9 Å². The van der Waals surface area contributed by atoms with Gasteiger partial charge in [-0.1, -0.05) is 12.1 Å². The Morgan fingerprint density at radius 2 is 2.00 bits per heavy atom.